The molecule has 11 rings (SSSR count). The molecule has 0 atom stereocenters. The predicted molar refractivity (Wildman–Crippen MR) is 250 cm³/mol. The van der Waals surface area contributed by atoms with Crippen LogP contribution in [0.3, 0.4) is 0 Å². The van der Waals surface area contributed by atoms with Crippen molar-refractivity contribution in [2.45, 2.75) is 6.42 Å². The molecular weight excluding hydrogens is 715 g/mol. The molecular formula is C56H39N3. The molecule has 11 aromatic rings. The number of rotatable bonds is 7. The number of benzene rings is 9. The molecule has 9 aromatic carbocycles. The summed E-state index contributed by atoms with van der Waals surface area (Å²) in [6, 6.07) is 70.6. The van der Waals surface area contributed by atoms with Crippen LogP contribution >= 0.6 is 0 Å². The van der Waals surface area contributed by atoms with Crippen LogP contribution in [0.15, 0.2) is 207 Å². The lowest BCUT2D eigenvalue weighted by molar-refractivity contribution is 1.04. The summed E-state index contributed by atoms with van der Waals surface area (Å²) >= 11 is 0. The molecule has 0 radical (unpaired) electrons. The van der Waals surface area contributed by atoms with Crippen LogP contribution in [0, 0.1) is 0 Å². The third-order valence-electron chi connectivity index (χ3n) is 11.9. The van der Waals surface area contributed by atoms with Crippen LogP contribution in [0.5, 0.6) is 0 Å². The van der Waals surface area contributed by atoms with E-state index in [0.29, 0.717) is 6.42 Å². The fourth-order valence-corrected chi connectivity index (χ4v) is 9.22. The van der Waals surface area contributed by atoms with E-state index in [-0.39, 0.29) is 0 Å². The molecule has 0 bridgehead atoms. The van der Waals surface area contributed by atoms with Crippen molar-refractivity contribution in [3.05, 3.63) is 223 Å². The summed E-state index contributed by atoms with van der Waals surface area (Å²) in [5.74, 6) is 0. The first-order valence-corrected chi connectivity index (χ1v) is 20.2. The average Bonchev–Trinajstić information content (AvgIpc) is 3.59. The minimum atomic E-state index is 0.672. The minimum Gasteiger partial charge on any atom is -0.405 e. The lowest BCUT2D eigenvalue weighted by atomic mass is 9.84. The standard InChI is InChI=1S/C56H39N3/c57-30-29-54-51(36-45-16-10-11-31-58-45)50-34-42(26-28-53(50)59(54)46-17-2-1-3-18-46)41-25-27-49-52(35-41)56(44-24-22-38-13-5-7-15-40(38)33-44)48-20-9-8-19-47(48)55(49)43-23-21-37-12-4-6-14-39(37)32-43/h1-35H,36,57H2/b30-29-. The third kappa shape index (κ3) is 5.95. The molecule has 278 valence electrons. The lowest BCUT2D eigenvalue weighted by Crippen LogP contribution is -1.99. The van der Waals surface area contributed by atoms with Crippen LogP contribution in [0.2, 0.25) is 0 Å². The van der Waals surface area contributed by atoms with E-state index in [9.17, 15) is 0 Å². The Morgan fingerprint density at radius 3 is 1.63 bits per heavy atom. The van der Waals surface area contributed by atoms with Gasteiger partial charge in [0.2, 0.25) is 0 Å². The Kier molecular flexibility index (Phi) is 8.37. The van der Waals surface area contributed by atoms with Crippen molar-refractivity contribution in [2.24, 2.45) is 5.73 Å². The average molecular weight is 754 g/mol. The molecule has 0 unspecified atom stereocenters. The Morgan fingerprint density at radius 2 is 0.983 bits per heavy atom. The Bertz CT molecular complexity index is 3410. The zero-order valence-corrected chi connectivity index (χ0v) is 32.4. The maximum Gasteiger partial charge on any atom is 0.0538 e. The van der Waals surface area contributed by atoms with Crippen LogP contribution in [0.1, 0.15) is 17.0 Å². The Morgan fingerprint density at radius 1 is 0.441 bits per heavy atom. The monoisotopic (exact) mass is 753 g/mol. The molecule has 0 aliphatic rings. The number of aromatic nitrogens is 2. The molecule has 2 N–H and O–H groups in total. The van der Waals surface area contributed by atoms with Crippen molar-refractivity contribution in [2.75, 3.05) is 0 Å². The molecule has 0 saturated carbocycles. The number of nitrogens with two attached hydrogens (primary N) is 1. The first-order chi connectivity index (χ1) is 29.2. The van der Waals surface area contributed by atoms with Gasteiger partial charge in [0, 0.05) is 29.4 Å². The molecule has 0 aliphatic carbocycles. The molecule has 0 amide bonds. The number of para-hydroxylation sites is 1. The highest BCUT2D eigenvalue weighted by atomic mass is 15.0. The van der Waals surface area contributed by atoms with Gasteiger partial charge in [-0.1, -0.05) is 140 Å². The van der Waals surface area contributed by atoms with E-state index in [2.05, 4.69) is 193 Å². The van der Waals surface area contributed by atoms with Crippen molar-refractivity contribution in [3.8, 4) is 39.1 Å². The molecule has 2 heterocycles. The molecule has 59 heavy (non-hydrogen) atoms. The molecule has 0 spiro atoms. The van der Waals surface area contributed by atoms with Crippen LogP contribution in [0.25, 0.3) is 99.1 Å². The second-order valence-electron chi connectivity index (χ2n) is 15.3. The van der Waals surface area contributed by atoms with Crippen molar-refractivity contribution in [1.29, 1.82) is 0 Å². The number of hydrogen-bond donors (Lipinski definition) is 1. The Labute approximate surface area is 343 Å². The summed E-state index contributed by atoms with van der Waals surface area (Å²) in [5.41, 5.74) is 18.9. The van der Waals surface area contributed by atoms with Crippen molar-refractivity contribution < 1.29 is 0 Å². The van der Waals surface area contributed by atoms with Crippen LogP contribution in [0.4, 0.5) is 0 Å². The van der Waals surface area contributed by atoms with Gasteiger partial charge < -0.3 is 10.3 Å². The predicted octanol–water partition coefficient (Wildman–Crippen LogP) is 14.2. The first-order valence-electron chi connectivity index (χ1n) is 20.2. The van der Waals surface area contributed by atoms with Gasteiger partial charge in [0.1, 0.15) is 0 Å². The van der Waals surface area contributed by atoms with E-state index in [1.54, 1.807) is 6.20 Å². The zero-order valence-electron chi connectivity index (χ0n) is 32.4. The van der Waals surface area contributed by atoms with Gasteiger partial charge in [-0.15, -0.1) is 0 Å². The van der Waals surface area contributed by atoms with E-state index in [4.69, 9.17) is 10.7 Å². The fraction of sp³-hybridized carbons (Fsp3) is 0.0179. The highest BCUT2D eigenvalue weighted by Gasteiger charge is 2.21. The minimum absolute atomic E-state index is 0.672. The first kappa shape index (κ1) is 34.5. The summed E-state index contributed by atoms with van der Waals surface area (Å²) in [7, 11) is 0. The molecule has 0 fully saturated rings. The Hall–Kier alpha value is -7.75. The number of nitrogens with zero attached hydrogens (tertiary/aromatic N) is 2. The normalized spacial score (nSPS) is 11.8. The largest absolute Gasteiger partial charge is 0.405 e. The summed E-state index contributed by atoms with van der Waals surface area (Å²) < 4.78 is 2.32. The number of pyridine rings is 1. The highest BCUT2D eigenvalue weighted by molar-refractivity contribution is 6.22. The molecule has 0 saturated heterocycles. The molecule has 2 aromatic heterocycles. The summed E-state index contributed by atoms with van der Waals surface area (Å²) in [6.45, 7) is 0. The fourth-order valence-electron chi connectivity index (χ4n) is 9.22. The van der Waals surface area contributed by atoms with Gasteiger partial charge >= 0.3 is 0 Å². The molecule has 0 aliphatic heterocycles. The summed E-state index contributed by atoms with van der Waals surface area (Å²) in [6.07, 6.45) is 6.21. The van der Waals surface area contributed by atoms with Gasteiger partial charge in [0.05, 0.1) is 11.2 Å². The lowest BCUT2D eigenvalue weighted by Gasteiger charge is -2.19. The van der Waals surface area contributed by atoms with Crippen molar-refractivity contribution in [1.82, 2.24) is 9.55 Å². The maximum atomic E-state index is 6.17. The summed E-state index contributed by atoms with van der Waals surface area (Å²) in [4.78, 5) is 4.75. The van der Waals surface area contributed by atoms with Crippen LogP contribution < -0.4 is 5.73 Å². The van der Waals surface area contributed by atoms with E-state index >= 15 is 0 Å². The summed E-state index contributed by atoms with van der Waals surface area (Å²) in [5, 5.41) is 11.1. The SMILES string of the molecule is N/C=C\c1c(Cc2ccccn2)c2cc(-c3ccc4c(-c5ccc6ccccc6c5)c5ccccc5c(-c5ccc6ccccc6c5)c4c3)ccc2n1-c1ccccc1. The number of fused-ring (bicyclic) bond motifs is 5. The van der Waals surface area contributed by atoms with Gasteiger partial charge in [0.25, 0.3) is 0 Å². The smallest absolute Gasteiger partial charge is 0.0538 e. The van der Waals surface area contributed by atoms with E-state index < -0.39 is 0 Å². The van der Waals surface area contributed by atoms with E-state index in [1.807, 2.05) is 18.3 Å². The van der Waals surface area contributed by atoms with Gasteiger partial charge in [-0.05, 0) is 149 Å². The zero-order chi connectivity index (χ0) is 39.3. The van der Waals surface area contributed by atoms with E-state index in [1.165, 1.54) is 76.3 Å². The van der Waals surface area contributed by atoms with Crippen LogP contribution in [-0.4, -0.2) is 9.55 Å². The second kappa shape index (κ2) is 14.3. The second-order valence-corrected chi connectivity index (χ2v) is 15.3. The molecule has 3 heteroatoms. The van der Waals surface area contributed by atoms with E-state index in [0.717, 1.165) is 33.7 Å². The highest BCUT2D eigenvalue weighted by Crippen LogP contribution is 2.46. The van der Waals surface area contributed by atoms with Gasteiger partial charge in [-0.25, -0.2) is 0 Å². The van der Waals surface area contributed by atoms with Gasteiger partial charge in [-0.3, -0.25) is 4.98 Å². The van der Waals surface area contributed by atoms with Crippen molar-refractivity contribution >= 4 is 60.1 Å². The maximum absolute atomic E-state index is 6.17. The van der Waals surface area contributed by atoms with Gasteiger partial charge in [0.15, 0.2) is 0 Å². The molecule has 3 nitrogen and oxygen atoms in total. The number of hydrogen-bond acceptors (Lipinski definition) is 2. The Balaban J connectivity index is 1.19. The van der Waals surface area contributed by atoms with Gasteiger partial charge in [-0.2, -0.15) is 0 Å². The third-order valence-corrected chi connectivity index (χ3v) is 11.9. The van der Waals surface area contributed by atoms with Crippen molar-refractivity contribution in [3.63, 3.8) is 0 Å². The topological polar surface area (TPSA) is 43.8 Å². The quantitative estimate of drug-likeness (QED) is 0.165. The van der Waals surface area contributed by atoms with Crippen LogP contribution in [-0.2, 0) is 6.42 Å².